The summed E-state index contributed by atoms with van der Waals surface area (Å²) in [5, 5.41) is 0. The van der Waals surface area contributed by atoms with E-state index >= 15 is 0 Å². The summed E-state index contributed by atoms with van der Waals surface area (Å²) < 4.78 is 13.6. The summed E-state index contributed by atoms with van der Waals surface area (Å²) in [6.07, 6.45) is 1.24. The lowest BCUT2D eigenvalue weighted by molar-refractivity contribution is -0.139. The molecule has 1 aromatic rings. The Morgan fingerprint density at radius 2 is 1.50 bits per heavy atom. The molecule has 1 fully saturated rings. The number of piperazine rings is 1. The van der Waals surface area contributed by atoms with Crippen LogP contribution in [0.15, 0.2) is 24.3 Å². The maximum Gasteiger partial charge on any atom is 0.223 e. The van der Waals surface area contributed by atoms with Crippen LogP contribution in [0.5, 0.6) is 0 Å². The minimum absolute atomic E-state index is 0.0310. The zero-order chi connectivity index (χ0) is 18.9. The quantitative estimate of drug-likeness (QED) is 0.711. The van der Waals surface area contributed by atoms with Gasteiger partial charge in [0.2, 0.25) is 11.8 Å². The van der Waals surface area contributed by atoms with Crippen LogP contribution in [0.1, 0.15) is 32.3 Å². The van der Waals surface area contributed by atoms with Crippen molar-refractivity contribution in [2.45, 2.75) is 33.1 Å². The van der Waals surface area contributed by atoms with E-state index in [-0.39, 0.29) is 17.6 Å². The molecular formula is C20H30FN3O2. The Bertz CT molecular complexity index is 596. The molecule has 2 amide bonds. The molecular weight excluding hydrogens is 333 g/mol. The second-order valence-corrected chi connectivity index (χ2v) is 6.63. The Labute approximate surface area is 155 Å². The van der Waals surface area contributed by atoms with Crippen molar-refractivity contribution in [2.24, 2.45) is 0 Å². The van der Waals surface area contributed by atoms with Gasteiger partial charge in [-0.2, -0.15) is 0 Å². The highest BCUT2D eigenvalue weighted by Gasteiger charge is 2.24. The van der Waals surface area contributed by atoms with Crippen LogP contribution in [-0.2, 0) is 16.0 Å². The molecule has 0 bridgehead atoms. The number of carbonyl (C=O) groups is 2. The molecule has 0 aliphatic carbocycles. The fourth-order valence-corrected chi connectivity index (χ4v) is 3.26. The first-order chi connectivity index (χ1) is 12.5. The van der Waals surface area contributed by atoms with Crippen LogP contribution < -0.4 is 0 Å². The molecule has 0 N–H and O–H groups in total. The van der Waals surface area contributed by atoms with E-state index in [1.54, 1.807) is 23.1 Å². The van der Waals surface area contributed by atoms with Gasteiger partial charge in [0.15, 0.2) is 0 Å². The van der Waals surface area contributed by atoms with Crippen molar-refractivity contribution in [3.8, 4) is 0 Å². The number of halogens is 1. The Hall–Kier alpha value is -1.95. The Kier molecular flexibility index (Phi) is 8.04. The monoisotopic (exact) mass is 363 g/mol. The summed E-state index contributed by atoms with van der Waals surface area (Å²) in [4.78, 5) is 30.5. The largest absolute Gasteiger partial charge is 0.339 e. The van der Waals surface area contributed by atoms with E-state index in [9.17, 15) is 14.0 Å². The predicted molar refractivity (Wildman–Crippen MR) is 100 cm³/mol. The summed E-state index contributed by atoms with van der Waals surface area (Å²) >= 11 is 0. The number of hydrogen-bond acceptors (Lipinski definition) is 3. The lowest BCUT2D eigenvalue weighted by Gasteiger charge is -2.35. The van der Waals surface area contributed by atoms with Crippen LogP contribution >= 0.6 is 0 Å². The van der Waals surface area contributed by atoms with Gasteiger partial charge < -0.3 is 14.7 Å². The molecule has 1 heterocycles. The molecule has 0 aromatic heterocycles. The summed E-state index contributed by atoms with van der Waals surface area (Å²) in [5.74, 6) is -0.0669. The smallest absolute Gasteiger partial charge is 0.223 e. The second-order valence-electron chi connectivity index (χ2n) is 6.63. The van der Waals surface area contributed by atoms with E-state index in [1.165, 1.54) is 6.07 Å². The molecule has 2 rings (SSSR count). The Morgan fingerprint density at radius 3 is 2.04 bits per heavy atom. The first-order valence-electron chi connectivity index (χ1n) is 9.56. The van der Waals surface area contributed by atoms with Gasteiger partial charge in [0.25, 0.3) is 0 Å². The van der Waals surface area contributed by atoms with Crippen LogP contribution in [0.2, 0.25) is 0 Å². The maximum atomic E-state index is 13.6. The number of carbonyl (C=O) groups excluding carboxylic acids is 2. The van der Waals surface area contributed by atoms with Gasteiger partial charge >= 0.3 is 0 Å². The average Bonchev–Trinajstić information content (AvgIpc) is 2.68. The molecule has 0 spiro atoms. The topological polar surface area (TPSA) is 43.9 Å². The summed E-state index contributed by atoms with van der Waals surface area (Å²) in [7, 11) is 0. The fourth-order valence-electron chi connectivity index (χ4n) is 3.26. The Morgan fingerprint density at radius 1 is 0.962 bits per heavy atom. The van der Waals surface area contributed by atoms with Crippen molar-refractivity contribution in [3.05, 3.63) is 35.6 Å². The number of hydrogen-bond donors (Lipinski definition) is 0. The molecule has 144 valence electrons. The summed E-state index contributed by atoms with van der Waals surface area (Å²) in [5.41, 5.74) is 0.575. The molecule has 5 nitrogen and oxygen atoms in total. The zero-order valence-corrected chi connectivity index (χ0v) is 15.9. The van der Waals surface area contributed by atoms with Crippen molar-refractivity contribution in [1.82, 2.24) is 14.7 Å². The Balaban J connectivity index is 1.72. The SMILES string of the molecule is CCN(CC)CCC(=O)N1CCN(C(=O)CCc2ccccc2F)CC1. The van der Waals surface area contributed by atoms with E-state index in [0.717, 1.165) is 19.6 Å². The van der Waals surface area contributed by atoms with E-state index in [0.29, 0.717) is 51.0 Å². The van der Waals surface area contributed by atoms with Gasteiger partial charge in [0, 0.05) is 45.6 Å². The van der Waals surface area contributed by atoms with E-state index in [1.807, 2.05) is 4.90 Å². The molecule has 1 aliphatic heterocycles. The van der Waals surface area contributed by atoms with Gasteiger partial charge in [0.05, 0.1) is 0 Å². The number of amides is 2. The molecule has 0 saturated carbocycles. The number of rotatable bonds is 8. The van der Waals surface area contributed by atoms with Crippen molar-refractivity contribution < 1.29 is 14.0 Å². The number of nitrogens with zero attached hydrogens (tertiary/aromatic N) is 3. The third kappa shape index (κ3) is 5.80. The van der Waals surface area contributed by atoms with Crippen LogP contribution in [0.3, 0.4) is 0 Å². The predicted octanol–water partition coefficient (Wildman–Crippen LogP) is 2.16. The fraction of sp³-hybridized carbons (Fsp3) is 0.600. The minimum Gasteiger partial charge on any atom is -0.339 e. The van der Waals surface area contributed by atoms with Crippen molar-refractivity contribution >= 4 is 11.8 Å². The van der Waals surface area contributed by atoms with Crippen LogP contribution in [0.25, 0.3) is 0 Å². The third-order valence-electron chi connectivity index (χ3n) is 5.09. The molecule has 1 aliphatic rings. The molecule has 26 heavy (non-hydrogen) atoms. The number of benzene rings is 1. The molecule has 1 aromatic carbocycles. The van der Waals surface area contributed by atoms with E-state index in [4.69, 9.17) is 0 Å². The highest BCUT2D eigenvalue weighted by molar-refractivity contribution is 5.78. The molecule has 0 unspecified atom stereocenters. The van der Waals surface area contributed by atoms with Gasteiger partial charge in [-0.25, -0.2) is 4.39 Å². The van der Waals surface area contributed by atoms with Gasteiger partial charge in [-0.1, -0.05) is 32.0 Å². The highest BCUT2D eigenvalue weighted by Crippen LogP contribution is 2.12. The van der Waals surface area contributed by atoms with Gasteiger partial charge in [0.1, 0.15) is 5.82 Å². The lowest BCUT2D eigenvalue weighted by atomic mass is 10.1. The van der Waals surface area contributed by atoms with Crippen molar-refractivity contribution in [2.75, 3.05) is 45.8 Å². The molecule has 0 atom stereocenters. The first-order valence-corrected chi connectivity index (χ1v) is 9.56. The second kappa shape index (κ2) is 10.3. The lowest BCUT2D eigenvalue weighted by Crippen LogP contribution is -2.51. The average molecular weight is 363 g/mol. The molecule has 6 heteroatoms. The van der Waals surface area contributed by atoms with Gasteiger partial charge in [-0.05, 0) is 31.1 Å². The van der Waals surface area contributed by atoms with Crippen LogP contribution in [0, 0.1) is 5.82 Å². The van der Waals surface area contributed by atoms with E-state index < -0.39 is 0 Å². The van der Waals surface area contributed by atoms with Crippen molar-refractivity contribution in [3.63, 3.8) is 0 Å². The molecule has 0 radical (unpaired) electrons. The van der Waals surface area contributed by atoms with Gasteiger partial charge in [-0.15, -0.1) is 0 Å². The normalized spacial score (nSPS) is 14.8. The summed E-state index contributed by atoms with van der Waals surface area (Å²) in [6.45, 7) is 9.18. The van der Waals surface area contributed by atoms with Crippen LogP contribution in [0.4, 0.5) is 4.39 Å². The zero-order valence-electron chi connectivity index (χ0n) is 15.9. The minimum atomic E-state index is -0.260. The van der Waals surface area contributed by atoms with Crippen molar-refractivity contribution in [1.29, 1.82) is 0 Å². The first kappa shape index (κ1) is 20.4. The standard InChI is InChI=1S/C20H30FN3O2/c1-3-22(4-2)12-11-20(26)24-15-13-23(14-16-24)19(25)10-9-17-7-5-6-8-18(17)21/h5-8H,3-4,9-16H2,1-2H3. The van der Waals surface area contributed by atoms with Crippen LogP contribution in [-0.4, -0.2) is 72.3 Å². The van der Waals surface area contributed by atoms with E-state index in [2.05, 4.69) is 18.7 Å². The third-order valence-corrected chi connectivity index (χ3v) is 5.09. The molecule has 1 saturated heterocycles. The summed E-state index contributed by atoms with van der Waals surface area (Å²) in [6, 6.07) is 6.57. The number of aryl methyl sites for hydroxylation is 1. The van der Waals surface area contributed by atoms with Gasteiger partial charge in [-0.3, -0.25) is 9.59 Å². The maximum absolute atomic E-state index is 13.6. The highest BCUT2D eigenvalue weighted by atomic mass is 19.1.